The Labute approximate surface area is 108 Å². The number of nitrogens with zero attached hydrogens (tertiary/aromatic N) is 1. The first kappa shape index (κ1) is 12.9. The molecular weight excluding hydrogens is 226 g/mol. The zero-order valence-corrected chi connectivity index (χ0v) is 11.2. The summed E-state index contributed by atoms with van der Waals surface area (Å²) in [4.78, 5) is 16.2. The molecule has 18 heavy (non-hydrogen) atoms. The standard InChI is InChI=1S/C14H21N3O/c1-9-4-5-12(10(9)2)17-14(18)13-8-11(15-3)6-7-16-13/h6-10,12H,4-5H2,1-3H3,(H,15,16)(H,17,18). The molecule has 1 saturated carbocycles. The smallest absolute Gasteiger partial charge is 0.270 e. The fourth-order valence-electron chi connectivity index (χ4n) is 2.52. The molecule has 3 unspecified atom stereocenters. The summed E-state index contributed by atoms with van der Waals surface area (Å²) in [5, 5.41) is 6.11. The largest absolute Gasteiger partial charge is 0.388 e. The predicted molar refractivity (Wildman–Crippen MR) is 72.6 cm³/mol. The van der Waals surface area contributed by atoms with E-state index in [4.69, 9.17) is 0 Å². The second-order valence-electron chi connectivity index (χ2n) is 5.17. The summed E-state index contributed by atoms with van der Waals surface area (Å²) in [7, 11) is 1.83. The van der Waals surface area contributed by atoms with E-state index in [1.54, 1.807) is 12.3 Å². The van der Waals surface area contributed by atoms with Crippen LogP contribution in [0.4, 0.5) is 5.69 Å². The van der Waals surface area contributed by atoms with Gasteiger partial charge in [0.25, 0.3) is 5.91 Å². The zero-order chi connectivity index (χ0) is 13.1. The molecule has 0 radical (unpaired) electrons. The molecule has 1 aliphatic carbocycles. The molecule has 1 fully saturated rings. The number of nitrogens with one attached hydrogen (secondary N) is 2. The number of amides is 1. The molecule has 0 aliphatic heterocycles. The lowest BCUT2D eigenvalue weighted by Crippen LogP contribution is -2.37. The molecule has 1 aromatic rings. The number of aromatic nitrogens is 1. The topological polar surface area (TPSA) is 54.0 Å². The SMILES string of the molecule is CNc1ccnc(C(=O)NC2CCC(C)C2C)c1. The molecule has 98 valence electrons. The van der Waals surface area contributed by atoms with Gasteiger partial charge < -0.3 is 10.6 Å². The first-order chi connectivity index (χ1) is 8.61. The Morgan fingerprint density at radius 3 is 2.78 bits per heavy atom. The molecule has 0 spiro atoms. The van der Waals surface area contributed by atoms with Crippen LogP contribution < -0.4 is 10.6 Å². The Kier molecular flexibility index (Phi) is 3.84. The Balaban J connectivity index is 2.03. The van der Waals surface area contributed by atoms with Crippen molar-refractivity contribution in [2.75, 3.05) is 12.4 Å². The second-order valence-corrected chi connectivity index (χ2v) is 5.17. The van der Waals surface area contributed by atoms with Crippen molar-refractivity contribution in [3.05, 3.63) is 24.0 Å². The van der Waals surface area contributed by atoms with E-state index < -0.39 is 0 Å². The van der Waals surface area contributed by atoms with E-state index in [1.165, 1.54) is 6.42 Å². The van der Waals surface area contributed by atoms with Gasteiger partial charge in [-0.3, -0.25) is 9.78 Å². The summed E-state index contributed by atoms with van der Waals surface area (Å²) in [5.74, 6) is 1.16. The van der Waals surface area contributed by atoms with Gasteiger partial charge in [0.05, 0.1) is 0 Å². The molecule has 4 heteroatoms. The number of hydrogen-bond donors (Lipinski definition) is 2. The van der Waals surface area contributed by atoms with Crippen LogP contribution in [-0.4, -0.2) is 24.0 Å². The quantitative estimate of drug-likeness (QED) is 0.861. The highest BCUT2D eigenvalue weighted by molar-refractivity contribution is 5.93. The number of pyridine rings is 1. The van der Waals surface area contributed by atoms with Gasteiger partial charge in [-0.05, 0) is 36.8 Å². The maximum atomic E-state index is 12.1. The van der Waals surface area contributed by atoms with Gasteiger partial charge in [-0.25, -0.2) is 0 Å². The van der Waals surface area contributed by atoms with Crippen molar-refractivity contribution in [1.82, 2.24) is 10.3 Å². The third-order valence-electron chi connectivity index (χ3n) is 4.06. The van der Waals surface area contributed by atoms with Gasteiger partial charge in [-0.15, -0.1) is 0 Å². The van der Waals surface area contributed by atoms with E-state index in [2.05, 4.69) is 29.5 Å². The Morgan fingerprint density at radius 2 is 2.17 bits per heavy atom. The number of carbonyl (C=O) groups excluding carboxylic acids is 1. The fraction of sp³-hybridized carbons (Fsp3) is 0.571. The van der Waals surface area contributed by atoms with Crippen molar-refractivity contribution in [2.24, 2.45) is 11.8 Å². The summed E-state index contributed by atoms with van der Waals surface area (Å²) in [6.45, 7) is 4.46. The summed E-state index contributed by atoms with van der Waals surface area (Å²) >= 11 is 0. The van der Waals surface area contributed by atoms with Crippen LogP contribution in [0.15, 0.2) is 18.3 Å². The number of carbonyl (C=O) groups is 1. The minimum absolute atomic E-state index is 0.0712. The third-order valence-corrected chi connectivity index (χ3v) is 4.06. The monoisotopic (exact) mass is 247 g/mol. The molecule has 0 aromatic carbocycles. The molecule has 1 amide bonds. The van der Waals surface area contributed by atoms with Gasteiger partial charge in [0.2, 0.25) is 0 Å². The average Bonchev–Trinajstić information content (AvgIpc) is 2.71. The molecule has 2 N–H and O–H groups in total. The van der Waals surface area contributed by atoms with Crippen LogP contribution in [-0.2, 0) is 0 Å². The van der Waals surface area contributed by atoms with Crippen molar-refractivity contribution in [3.8, 4) is 0 Å². The summed E-state index contributed by atoms with van der Waals surface area (Å²) in [6.07, 6.45) is 3.91. The van der Waals surface area contributed by atoms with Crippen LogP contribution in [0.2, 0.25) is 0 Å². The van der Waals surface area contributed by atoms with Gasteiger partial charge in [0, 0.05) is 25.0 Å². The number of rotatable bonds is 3. The Hall–Kier alpha value is -1.58. The van der Waals surface area contributed by atoms with Crippen molar-refractivity contribution in [3.63, 3.8) is 0 Å². The number of anilines is 1. The minimum atomic E-state index is -0.0712. The summed E-state index contributed by atoms with van der Waals surface area (Å²) in [5.41, 5.74) is 1.39. The van der Waals surface area contributed by atoms with Crippen molar-refractivity contribution >= 4 is 11.6 Å². The van der Waals surface area contributed by atoms with Gasteiger partial charge in [-0.2, -0.15) is 0 Å². The van der Waals surface area contributed by atoms with Crippen LogP contribution in [0.1, 0.15) is 37.2 Å². The van der Waals surface area contributed by atoms with E-state index in [-0.39, 0.29) is 11.9 Å². The molecule has 4 nitrogen and oxygen atoms in total. The Morgan fingerprint density at radius 1 is 1.39 bits per heavy atom. The van der Waals surface area contributed by atoms with Crippen molar-refractivity contribution < 1.29 is 4.79 Å². The molecule has 0 saturated heterocycles. The highest BCUT2D eigenvalue weighted by Crippen LogP contribution is 2.31. The zero-order valence-electron chi connectivity index (χ0n) is 11.2. The molecule has 0 bridgehead atoms. The maximum absolute atomic E-state index is 12.1. The van der Waals surface area contributed by atoms with Gasteiger partial charge in [-0.1, -0.05) is 13.8 Å². The van der Waals surface area contributed by atoms with Crippen molar-refractivity contribution in [1.29, 1.82) is 0 Å². The summed E-state index contributed by atoms with van der Waals surface area (Å²) in [6, 6.07) is 3.91. The maximum Gasteiger partial charge on any atom is 0.270 e. The fourth-order valence-corrected chi connectivity index (χ4v) is 2.52. The molecule has 1 heterocycles. The van der Waals surface area contributed by atoms with E-state index in [0.717, 1.165) is 12.1 Å². The van der Waals surface area contributed by atoms with Gasteiger partial charge >= 0.3 is 0 Å². The van der Waals surface area contributed by atoms with Crippen LogP contribution in [0.3, 0.4) is 0 Å². The molecular formula is C14H21N3O. The lowest BCUT2D eigenvalue weighted by molar-refractivity contribution is 0.0922. The van der Waals surface area contributed by atoms with E-state index >= 15 is 0 Å². The van der Waals surface area contributed by atoms with Gasteiger partial charge in [0.1, 0.15) is 5.69 Å². The lowest BCUT2D eigenvalue weighted by Gasteiger charge is -2.19. The third kappa shape index (κ3) is 2.63. The normalized spacial score (nSPS) is 26.9. The molecule has 3 atom stereocenters. The first-order valence-corrected chi connectivity index (χ1v) is 6.56. The van der Waals surface area contributed by atoms with E-state index in [1.807, 2.05) is 13.1 Å². The summed E-state index contributed by atoms with van der Waals surface area (Å²) < 4.78 is 0. The number of hydrogen-bond acceptors (Lipinski definition) is 3. The van der Waals surface area contributed by atoms with Crippen LogP contribution in [0.5, 0.6) is 0 Å². The van der Waals surface area contributed by atoms with E-state index in [0.29, 0.717) is 17.5 Å². The van der Waals surface area contributed by atoms with Gasteiger partial charge in [0.15, 0.2) is 0 Å². The Bertz CT molecular complexity index is 433. The van der Waals surface area contributed by atoms with Crippen LogP contribution in [0, 0.1) is 11.8 Å². The van der Waals surface area contributed by atoms with Crippen molar-refractivity contribution in [2.45, 2.75) is 32.7 Å². The minimum Gasteiger partial charge on any atom is -0.388 e. The first-order valence-electron chi connectivity index (χ1n) is 6.56. The average molecular weight is 247 g/mol. The van der Waals surface area contributed by atoms with Crippen LogP contribution in [0.25, 0.3) is 0 Å². The second kappa shape index (κ2) is 5.38. The van der Waals surface area contributed by atoms with Crippen LogP contribution >= 0.6 is 0 Å². The highest BCUT2D eigenvalue weighted by Gasteiger charge is 2.31. The predicted octanol–water partition coefficient (Wildman–Crippen LogP) is 2.29. The van der Waals surface area contributed by atoms with E-state index in [9.17, 15) is 4.79 Å². The molecule has 2 rings (SSSR count). The molecule has 1 aliphatic rings. The molecule has 1 aromatic heterocycles. The lowest BCUT2D eigenvalue weighted by atomic mass is 9.98. The highest BCUT2D eigenvalue weighted by atomic mass is 16.1.